The van der Waals surface area contributed by atoms with Crippen LogP contribution < -0.4 is 5.32 Å². The van der Waals surface area contributed by atoms with Crippen LogP contribution >= 0.6 is 0 Å². The molecule has 0 saturated carbocycles. The minimum absolute atomic E-state index is 0.177. The number of nitrogens with zero attached hydrogens (tertiary/aromatic N) is 2. The molecule has 0 aliphatic heterocycles. The highest BCUT2D eigenvalue weighted by atomic mass is 32.2. The summed E-state index contributed by atoms with van der Waals surface area (Å²) in [6.07, 6.45) is 0. The first-order valence-corrected chi connectivity index (χ1v) is 8.52. The van der Waals surface area contributed by atoms with E-state index in [0.29, 0.717) is 10.9 Å². The van der Waals surface area contributed by atoms with E-state index in [-0.39, 0.29) is 6.04 Å². The molecule has 1 aromatic rings. The van der Waals surface area contributed by atoms with E-state index < -0.39 is 10.0 Å². The lowest BCUT2D eigenvalue weighted by atomic mass is 10.1. The molecule has 1 N–H and O–H groups in total. The minimum atomic E-state index is -3.35. The summed E-state index contributed by atoms with van der Waals surface area (Å²) >= 11 is 0. The Labute approximate surface area is 129 Å². The first-order valence-electron chi connectivity index (χ1n) is 7.08. The Hall–Kier alpha value is -0.950. The molecule has 5 nitrogen and oxygen atoms in total. The van der Waals surface area contributed by atoms with Crippen molar-refractivity contribution in [3.05, 3.63) is 29.8 Å². The summed E-state index contributed by atoms with van der Waals surface area (Å²) in [6.45, 7) is 5.18. The number of nitrogens with one attached hydrogen (secondary N) is 1. The Morgan fingerprint density at radius 3 is 2.00 bits per heavy atom. The van der Waals surface area contributed by atoms with E-state index in [0.717, 1.165) is 12.1 Å². The van der Waals surface area contributed by atoms with Gasteiger partial charge in [0.1, 0.15) is 0 Å². The van der Waals surface area contributed by atoms with Gasteiger partial charge in [0, 0.05) is 32.7 Å². The number of benzene rings is 1. The lowest BCUT2D eigenvalue weighted by molar-refractivity contribution is 0.334. The maximum atomic E-state index is 12.0. The van der Waals surface area contributed by atoms with Gasteiger partial charge in [0.05, 0.1) is 4.90 Å². The number of hydrogen-bond donors (Lipinski definition) is 1. The van der Waals surface area contributed by atoms with Gasteiger partial charge in [0.2, 0.25) is 10.0 Å². The van der Waals surface area contributed by atoms with Crippen molar-refractivity contribution in [1.29, 1.82) is 0 Å². The molecule has 120 valence electrons. The zero-order valence-electron chi connectivity index (χ0n) is 13.8. The van der Waals surface area contributed by atoms with E-state index in [1.807, 2.05) is 26.2 Å². The van der Waals surface area contributed by atoms with Crippen LogP contribution in [0.4, 0.5) is 0 Å². The molecule has 0 amide bonds. The Kier molecular flexibility index (Phi) is 6.34. The second-order valence-corrected chi connectivity index (χ2v) is 8.06. The smallest absolute Gasteiger partial charge is 0.242 e. The first kappa shape index (κ1) is 18.1. The van der Waals surface area contributed by atoms with Gasteiger partial charge in [0.25, 0.3) is 0 Å². The van der Waals surface area contributed by atoms with Crippen LogP contribution in [0.3, 0.4) is 0 Å². The standard InChI is InChI=1S/C15H27N3O2S/c1-12(11-17(3)4)16-13(2)14-7-9-15(10-8-14)21(19,20)18(5)6/h7-10,12-13,16H,11H2,1-6H3. The highest BCUT2D eigenvalue weighted by Crippen LogP contribution is 2.18. The van der Waals surface area contributed by atoms with Crippen LogP contribution in [0.2, 0.25) is 0 Å². The third kappa shape index (κ3) is 5.07. The molecule has 0 aliphatic carbocycles. The van der Waals surface area contributed by atoms with Crippen LogP contribution in [-0.2, 0) is 10.0 Å². The number of likely N-dealkylation sites (N-methyl/N-ethyl adjacent to an activating group) is 1. The fraction of sp³-hybridized carbons (Fsp3) is 0.600. The molecule has 0 spiro atoms. The second-order valence-electron chi connectivity index (χ2n) is 5.91. The normalized spacial score (nSPS) is 15.4. The van der Waals surface area contributed by atoms with Crippen LogP contribution in [-0.4, -0.2) is 58.4 Å². The van der Waals surface area contributed by atoms with Crippen molar-refractivity contribution in [3.8, 4) is 0 Å². The van der Waals surface area contributed by atoms with Gasteiger partial charge in [-0.3, -0.25) is 0 Å². The van der Waals surface area contributed by atoms with Crippen molar-refractivity contribution in [2.24, 2.45) is 0 Å². The monoisotopic (exact) mass is 313 g/mol. The van der Waals surface area contributed by atoms with E-state index in [4.69, 9.17) is 0 Å². The van der Waals surface area contributed by atoms with Crippen LogP contribution in [0, 0.1) is 0 Å². The predicted molar refractivity (Wildman–Crippen MR) is 86.9 cm³/mol. The van der Waals surface area contributed by atoms with Gasteiger partial charge in [-0.25, -0.2) is 12.7 Å². The average molecular weight is 313 g/mol. The first-order chi connectivity index (χ1) is 9.64. The lowest BCUT2D eigenvalue weighted by Crippen LogP contribution is -2.37. The SMILES string of the molecule is CC(CN(C)C)NC(C)c1ccc(S(=O)(=O)N(C)C)cc1. The highest BCUT2D eigenvalue weighted by molar-refractivity contribution is 7.89. The van der Waals surface area contributed by atoms with Gasteiger partial charge < -0.3 is 10.2 Å². The Morgan fingerprint density at radius 2 is 1.57 bits per heavy atom. The lowest BCUT2D eigenvalue weighted by Gasteiger charge is -2.23. The van der Waals surface area contributed by atoms with Gasteiger partial charge in [-0.1, -0.05) is 12.1 Å². The zero-order chi connectivity index (χ0) is 16.2. The molecular formula is C15H27N3O2S. The Morgan fingerprint density at radius 1 is 1.05 bits per heavy atom. The summed E-state index contributed by atoms with van der Waals surface area (Å²) in [6, 6.07) is 7.61. The van der Waals surface area contributed by atoms with Gasteiger partial charge in [-0.15, -0.1) is 0 Å². The molecular weight excluding hydrogens is 286 g/mol. The summed E-state index contributed by atoms with van der Waals surface area (Å²) in [5.41, 5.74) is 1.08. The molecule has 21 heavy (non-hydrogen) atoms. The molecule has 0 heterocycles. The largest absolute Gasteiger partial charge is 0.308 e. The molecule has 2 unspecified atom stereocenters. The molecule has 6 heteroatoms. The predicted octanol–water partition coefficient (Wildman–Crippen LogP) is 1.54. The summed E-state index contributed by atoms with van der Waals surface area (Å²) in [5.74, 6) is 0. The van der Waals surface area contributed by atoms with Crippen molar-refractivity contribution in [3.63, 3.8) is 0 Å². The fourth-order valence-corrected chi connectivity index (χ4v) is 3.16. The highest BCUT2D eigenvalue weighted by Gasteiger charge is 2.17. The summed E-state index contributed by atoms with van der Waals surface area (Å²) in [7, 11) is 3.81. The van der Waals surface area contributed by atoms with Crippen LogP contribution in [0.15, 0.2) is 29.2 Å². The second kappa shape index (κ2) is 7.35. The van der Waals surface area contributed by atoms with E-state index >= 15 is 0 Å². The number of sulfonamides is 1. The quantitative estimate of drug-likeness (QED) is 0.829. The van der Waals surface area contributed by atoms with E-state index in [1.54, 1.807) is 12.1 Å². The molecule has 2 atom stereocenters. The molecule has 1 aromatic carbocycles. The third-order valence-electron chi connectivity index (χ3n) is 3.33. The minimum Gasteiger partial charge on any atom is -0.308 e. The molecule has 0 aromatic heterocycles. The molecule has 0 aliphatic rings. The van der Waals surface area contributed by atoms with Gasteiger partial charge in [0.15, 0.2) is 0 Å². The van der Waals surface area contributed by atoms with E-state index in [1.165, 1.54) is 18.4 Å². The number of hydrogen-bond acceptors (Lipinski definition) is 4. The topological polar surface area (TPSA) is 52.7 Å². The summed E-state index contributed by atoms with van der Waals surface area (Å²) in [4.78, 5) is 2.46. The summed E-state index contributed by atoms with van der Waals surface area (Å²) < 4.78 is 25.3. The van der Waals surface area contributed by atoms with Crippen molar-refractivity contribution < 1.29 is 8.42 Å². The van der Waals surface area contributed by atoms with Crippen LogP contribution in [0.5, 0.6) is 0 Å². The maximum absolute atomic E-state index is 12.0. The van der Waals surface area contributed by atoms with Gasteiger partial charge >= 0.3 is 0 Å². The molecule has 0 bridgehead atoms. The van der Waals surface area contributed by atoms with Crippen LogP contribution in [0.1, 0.15) is 25.5 Å². The Balaban J connectivity index is 2.78. The maximum Gasteiger partial charge on any atom is 0.242 e. The van der Waals surface area contributed by atoms with Gasteiger partial charge in [-0.2, -0.15) is 0 Å². The molecule has 0 fully saturated rings. The molecule has 1 rings (SSSR count). The third-order valence-corrected chi connectivity index (χ3v) is 5.16. The van der Waals surface area contributed by atoms with Crippen molar-refractivity contribution in [2.75, 3.05) is 34.7 Å². The fourth-order valence-electron chi connectivity index (χ4n) is 2.26. The Bertz CT molecular complexity index is 539. The van der Waals surface area contributed by atoms with Crippen molar-refractivity contribution in [2.45, 2.75) is 30.8 Å². The van der Waals surface area contributed by atoms with Crippen molar-refractivity contribution in [1.82, 2.24) is 14.5 Å². The van der Waals surface area contributed by atoms with E-state index in [2.05, 4.69) is 24.1 Å². The summed E-state index contributed by atoms with van der Waals surface area (Å²) in [5, 5.41) is 3.51. The molecule has 0 saturated heterocycles. The van der Waals surface area contributed by atoms with Gasteiger partial charge in [-0.05, 0) is 45.6 Å². The molecule has 0 radical (unpaired) electrons. The van der Waals surface area contributed by atoms with Crippen LogP contribution in [0.25, 0.3) is 0 Å². The number of rotatable bonds is 7. The zero-order valence-corrected chi connectivity index (χ0v) is 14.6. The van der Waals surface area contributed by atoms with E-state index in [9.17, 15) is 8.42 Å². The average Bonchev–Trinajstić information content (AvgIpc) is 2.37. The van der Waals surface area contributed by atoms with Crippen molar-refractivity contribution >= 4 is 10.0 Å².